The quantitative estimate of drug-likeness (QED) is 0.386. The van der Waals surface area contributed by atoms with Gasteiger partial charge in [0.1, 0.15) is 11.4 Å². The molecule has 12 heteroatoms. The van der Waals surface area contributed by atoms with E-state index in [0.29, 0.717) is 30.6 Å². The van der Waals surface area contributed by atoms with Gasteiger partial charge in [0.15, 0.2) is 5.56 Å². The standard InChI is InChI=1S/C33H48FN5O6/c1-33(2,3)45-32(43)36-13-10-22(11-14-36)38(16-15-35(4)5)20-21-9-12-37(19-21)24-17-25-27(26(18-24)44-6)29(40)28(31(41)42)30(34)39(25)23-7-8-23/h17-18,21-23H,7-16,19-20H2,1-6H3,(H,41,42)/t21-/m1/s1. The number of carboxylic acids is 1. The van der Waals surface area contributed by atoms with Gasteiger partial charge in [-0.05, 0) is 79.0 Å². The highest BCUT2D eigenvalue weighted by atomic mass is 19.1. The summed E-state index contributed by atoms with van der Waals surface area (Å²) in [6.07, 6.45) is 3.99. The summed E-state index contributed by atoms with van der Waals surface area (Å²) in [7, 11) is 5.61. The van der Waals surface area contributed by atoms with Crippen LogP contribution in [0.4, 0.5) is 14.9 Å². The van der Waals surface area contributed by atoms with Crippen molar-refractivity contribution in [1.82, 2.24) is 19.3 Å². The molecule has 1 aromatic carbocycles. The Hall–Kier alpha value is -3.38. The highest BCUT2D eigenvalue weighted by molar-refractivity contribution is 5.96. The van der Waals surface area contributed by atoms with Crippen molar-refractivity contribution in [3.8, 4) is 5.75 Å². The molecule has 1 saturated carbocycles. The first-order valence-corrected chi connectivity index (χ1v) is 16.1. The van der Waals surface area contributed by atoms with Crippen molar-refractivity contribution in [3.63, 3.8) is 0 Å². The Kier molecular flexibility index (Phi) is 9.65. The van der Waals surface area contributed by atoms with Crippen LogP contribution in [0, 0.1) is 11.9 Å². The molecule has 1 N–H and O–H groups in total. The van der Waals surface area contributed by atoms with E-state index in [0.717, 1.165) is 70.5 Å². The van der Waals surface area contributed by atoms with Crippen LogP contribution in [0.2, 0.25) is 0 Å². The fraction of sp³-hybridized carbons (Fsp3) is 0.667. The highest BCUT2D eigenvalue weighted by Crippen LogP contribution is 2.41. The third-order valence-corrected chi connectivity index (χ3v) is 9.15. The number of likely N-dealkylation sites (N-methyl/N-ethyl adjacent to an activating group) is 1. The Labute approximate surface area is 264 Å². The summed E-state index contributed by atoms with van der Waals surface area (Å²) in [5, 5.41) is 9.74. The van der Waals surface area contributed by atoms with E-state index in [-0.39, 0.29) is 23.3 Å². The topological polar surface area (TPSA) is 108 Å². The van der Waals surface area contributed by atoms with E-state index in [9.17, 15) is 19.5 Å². The number of carbonyl (C=O) groups is 2. The second kappa shape index (κ2) is 13.2. The molecule has 2 saturated heterocycles. The van der Waals surface area contributed by atoms with E-state index in [1.54, 1.807) is 6.07 Å². The molecule has 0 radical (unpaired) electrons. The minimum atomic E-state index is -1.57. The zero-order valence-corrected chi connectivity index (χ0v) is 27.5. The van der Waals surface area contributed by atoms with E-state index < -0.39 is 28.5 Å². The molecule has 5 rings (SSSR count). The van der Waals surface area contributed by atoms with E-state index in [1.807, 2.05) is 31.7 Å². The summed E-state index contributed by atoms with van der Waals surface area (Å²) < 4.78 is 28.1. The molecule has 3 aliphatic rings. The Bertz CT molecular complexity index is 1470. The second-order valence-corrected chi connectivity index (χ2v) is 14.0. The number of nitrogens with zero attached hydrogens (tertiary/aromatic N) is 5. The van der Waals surface area contributed by atoms with Crippen molar-refractivity contribution >= 4 is 28.7 Å². The van der Waals surface area contributed by atoms with Crippen LogP contribution in [0.3, 0.4) is 0 Å². The van der Waals surface area contributed by atoms with Crippen LogP contribution in [0.15, 0.2) is 16.9 Å². The average molecular weight is 630 g/mol. The number of hydrogen-bond acceptors (Lipinski definition) is 8. The number of carbonyl (C=O) groups excluding carboxylic acids is 1. The molecule has 0 spiro atoms. The Balaban J connectivity index is 1.33. The Morgan fingerprint density at radius 2 is 1.73 bits per heavy atom. The van der Waals surface area contributed by atoms with Gasteiger partial charge in [0, 0.05) is 69.7 Å². The normalized spacial score (nSPS) is 19.6. The number of carboxylic acid groups (broad SMARTS) is 1. The number of rotatable bonds is 10. The third-order valence-electron chi connectivity index (χ3n) is 9.15. The molecule has 2 aromatic rings. The number of aromatic carboxylic acids is 1. The van der Waals surface area contributed by atoms with Crippen molar-refractivity contribution in [2.75, 3.05) is 71.9 Å². The zero-order chi connectivity index (χ0) is 32.6. The van der Waals surface area contributed by atoms with Crippen molar-refractivity contribution in [2.24, 2.45) is 5.92 Å². The van der Waals surface area contributed by atoms with Gasteiger partial charge >= 0.3 is 12.1 Å². The number of anilines is 1. The molecule has 45 heavy (non-hydrogen) atoms. The summed E-state index contributed by atoms with van der Waals surface area (Å²) in [6.45, 7) is 11.4. The number of likely N-dealkylation sites (tertiary alicyclic amines) is 1. The molecule has 1 atom stereocenters. The third kappa shape index (κ3) is 7.38. The van der Waals surface area contributed by atoms with Gasteiger partial charge in [0.25, 0.3) is 0 Å². The lowest BCUT2D eigenvalue weighted by Gasteiger charge is -2.40. The van der Waals surface area contributed by atoms with Crippen molar-refractivity contribution in [1.29, 1.82) is 0 Å². The van der Waals surface area contributed by atoms with E-state index in [4.69, 9.17) is 9.47 Å². The first-order chi connectivity index (χ1) is 21.3. The number of amides is 1. The molecule has 3 heterocycles. The predicted octanol–water partition coefficient (Wildman–Crippen LogP) is 4.27. The molecule has 1 aliphatic carbocycles. The van der Waals surface area contributed by atoms with Gasteiger partial charge in [-0.2, -0.15) is 4.39 Å². The predicted molar refractivity (Wildman–Crippen MR) is 171 cm³/mol. The first kappa shape index (κ1) is 33.0. The van der Waals surface area contributed by atoms with Gasteiger partial charge < -0.3 is 33.8 Å². The molecule has 3 fully saturated rings. The molecule has 1 aromatic heterocycles. The average Bonchev–Trinajstić information content (AvgIpc) is 3.69. The number of hydrogen-bond donors (Lipinski definition) is 1. The summed E-state index contributed by atoms with van der Waals surface area (Å²) in [5.41, 5.74) is -0.990. The molecule has 2 aliphatic heterocycles. The summed E-state index contributed by atoms with van der Waals surface area (Å²) in [4.78, 5) is 46.5. The largest absolute Gasteiger partial charge is 0.496 e. The smallest absolute Gasteiger partial charge is 0.410 e. The summed E-state index contributed by atoms with van der Waals surface area (Å²) >= 11 is 0. The fourth-order valence-corrected chi connectivity index (χ4v) is 6.71. The molecule has 248 valence electrons. The zero-order valence-electron chi connectivity index (χ0n) is 27.5. The number of halogens is 1. The maximum atomic E-state index is 15.5. The van der Waals surface area contributed by atoms with E-state index in [1.165, 1.54) is 11.7 Å². The maximum Gasteiger partial charge on any atom is 0.410 e. The number of fused-ring (bicyclic) bond motifs is 1. The minimum Gasteiger partial charge on any atom is -0.496 e. The lowest BCUT2D eigenvalue weighted by molar-refractivity contribution is 0.0130. The van der Waals surface area contributed by atoms with Crippen LogP contribution in [0.25, 0.3) is 10.9 Å². The first-order valence-electron chi connectivity index (χ1n) is 16.1. The van der Waals surface area contributed by atoms with Crippen LogP contribution in [-0.2, 0) is 4.74 Å². The van der Waals surface area contributed by atoms with Gasteiger partial charge in [-0.15, -0.1) is 0 Å². The maximum absolute atomic E-state index is 15.5. The van der Waals surface area contributed by atoms with Crippen molar-refractivity contribution in [2.45, 2.75) is 70.6 Å². The number of piperidine rings is 1. The number of ether oxygens (including phenoxy) is 2. The molecule has 1 amide bonds. The Morgan fingerprint density at radius 1 is 1.04 bits per heavy atom. The van der Waals surface area contributed by atoms with Gasteiger partial charge in [-0.3, -0.25) is 9.69 Å². The lowest BCUT2D eigenvalue weighted by Crippen LogP contribution is -2.50. The highest BCUT2D eigenvalue weighted by Gasteiger charge is 2.35. The van der Waals surface area contributed by atoms with Crippen LogP contribution < -0.4 is 15.1 Å². The summed E-state index contributed by atoms with van der Waals surface area (Å²) in [5.74, 6) is -1.90. The Morgan fingerprint density at radius 3 is 2.31 bits per heavy atom. The monoisotopic (exact) mass is 629 g/mol. The van der Waals surface area contributed by atoms with Crippen molar-refractivity contribution < 1.29 is 28.6 Å². The molecule has 0 bridgehead atoms. The fourth-order valence-electron chi connectivity index (χ4n) is 6.71. The number of methoxy groups -OCH3 is 1. The SMILES string of the molecule is COc1cc(N2CC[C@@H](CN(CCN(C)C)C3CCN(C(=O)OC(C)(C)C)CC3)C2)cc2c1c(=O)c(C(=O)O)c(F)n2C1CC1. The van der Waals surface area contributed by atoms with Crippen LogP contribution in [0.1, 0.15) is 69.3 Å². The number of benzene rings is 1. The number of aromatic nitrogens is 1. The van der Waals surface area contributed by atoms with Crippen LogP contribution in [-0.4, -0.2) is 115 Å². The second-order valence-electron chi connectivity index (χ2n) is 14.0. The van der Waals surface area contributed by atoms with E-state index in [2.05, 4.69) is 28.8 Å². The summed E-state index contributed by atoms with van der Waals surface area (Å²) in [6, 6.07) is 3.80. The lowest BCUT2D eigenvalue weighted by atomic mass is 10.0. The molecule has 0 unspecified atom stereocenters. The van der Waals surface area contributed by atoms with Crippen LogP contribution in [0.5, 0.6) is 5.75 Å². The van der Waals surface area contributed by atoms with Gasteiger partial charge in [0.05, 0.1) is 18.0 Å². The van der Waals surface area contributed by atoms with Crippen LogP contribution >= 0.6 is 0 Å². The minimum absolute atomic E-state index is 0.107. The van der Waals surface area contributed by atoms with Crippen molar-refractivity contribution in [3.05, 3.63) is 33.9 Å². The number of pyridine rings is 1. The van der Waals surface area contributed by atoms with Gasteiger partial charge in [0.2, 0.25) is 11.4 Å². The molecule has 11 nitrogen and oxygen atoms in total. The van der Waals surface area contributed by atoms with Gasteiger partial charge in [-0.25, -0.2) is 9.59 Å². The molecular weight excluding hydrogens is 581 g/mol. The van der Waals surface area contributed by atoms with Gasteiger partial charge in [-0.1, -0.05) is 0 Å². The van der Waals surface area contributed by atoms with E-state index >= 15 is 4.39 Å². The molecular formula is C33H48FN5O6.